The molecular formula is C22H36N10O2S2. The second-order valence-corrected chi connectivity index (χ2v) is 13.0. The van der Waals surface area contributed by atoms with E-state index in [4.69, 9.17) is 4.74 Å². The van der Waals surface area contributed by atoms with Gasteiger partial charge in [0.25, 0.3) is 5.13 Å². The molecule has 14 heteroatoms. The number of aryl methyl sites for hydroxylation is 2. The highest BCUT2D eigenvalue weighted by atomic mass is 32.1. The molecule has 0 amide bonds. The third-order valence-corrected chi connectivity index (χ3v) is 6.79. The molecule has 0 bridgehead atoms. The molecule has 2 rings (SSSR count). The van der Waals surface area contributed by atoms with Crippen LogP contribution in [0.1, 0.15) is 67.3 Å². The zero-order chi connectivity index (χ0) is 27.5. The van der Waals surface area contributed by atoms with Crippen molar-refractivity contribution >= 4 is 45.3 Å². The molecule has 0 saturated heterocycles. The molecule has 0 aliphatic carbocycles. The van der Waals surface area contributed by atoms with Gasteiger partial charge in [0, 0.05) is 30.3 Å². The Morgan fingerprint density at radius 1 is 0.833 bits per heavy atom. The van der Waals surface area contributed by atoms with Gasteiger partial charge < -0.3 is 4.74 Å². The summed E-state index contributed by atoms with van der Waals surface area (Å²) in [6.07, 6.45) is 0. The van der Waals surface area contributed by atoms with Gasteiger partial charge in [0.15, 0.2) is 11.5 Å². The summed E-state index contributed by atoms with van der Waals surface area (Å²) in [6.45, 7) is 17.8. The summed E-state index contributed by atoms with van der Waals surface area (Å²) in [4.78, 5) is 13.2. The molecule has 0 unspecified atom stereocenters. The molecule has 0 radical (unpaired) electrons. The van der Waals surface area contributed by atoms with Crippen LogP contribution in [-0.2, 0) is 29.0 Å². The molecule has 12 nitrogen and oxygen atoms in total. The molecule has 2 aromatic heterocycles. The number of hydrogen-bond donors (Lipinski definition) is 0. The van der Waals surface area contributed by atoms with Crippen LogP contribution in [-0.4, -0.2) is 44.2 Å². The molecule has 0 N–H and O–H groups in total. The van der Waals surface area contributed by atoms with Crippen molar-refractivity contribution in [3.8, 4) is 0 Å². The van der Waals surface area contributed by atoms with Gasteiger partial charge in [-0.3, -0.25) is 0 Å². The van der Waals surface area contributed by atoms with Crippen molar-refractivity contribution in [3.05, 3.63) is 14.6 Å². The molecule has 2 aromatic rings. The first-order chi connectivity index (χ1) is 16.4. The molecule has 0 spiro atoms. The van der Waals surface area contributed by atoms with Crippen LogP contribution in [0.2, 0.25) is 0 Å². The Labute approximate surface area is 219 Å². The lowest BCUT2D eigenvalue weighted by Crippen LogP contribution is -2.30. The number of esters is 1. The number of hydrogen-bond acceptors (Lipinski definition) is 11. The Morgan fingerprint density at radius 3 is 1.89 bits per heavy atom. The zero-order valence-electron chi connectivity index (χ0n) is 23.1. The third kappa shape index (κ3) is 7.82. The lowest BCUT2D eigenvalue weighted by atomic mass is 9.90. The first-order valence-corrected chi connectivity index (χ1v) is 12.9. The molecule has 2 heterocycles. The first-order valence-electron chi connectivity index (χ1n) is 11.3. The highest BCUT2D eigenvalue weighted by Crippen LogP contribution is 2.22. The molecule has 0 aromatic carbocycles. The fraction of sp³-hybridized carbons (Fsp3) is 0.682. The highest BCUT2D eigenvalue weighted by molar-refractivity contribution is 7.12. The minimum absolute atomic E-state index is 0.0792. The normalized spacial score (nSPS) is 15.3. The Kier molecular flexibility index (Phi) is 9.00. The maximum atomic E-state index is 12.1. The van der Waals surface area contributed by atoms with Crippen molar-refractivity contribution in [2.45, 2.75) is 67.7 Å². The van der Waals surface area contributed by atoms with E-state index in [1.807, 2.05) is 48.6 Å². The number of carbonyl (C=O) groups is 1. The van der Waals surface area contributed by atoms with E-state index in [2.05, 4.69) is 61.6 Å². The van der Waals surface area contributed by atoms with Gasteiger partial charge in [0.2, 0.25) is 9.60 Å². The van der Waals surface area contributed by atoms with Crippen LogP contribution >= 0.6 is 22.7 Å². The minimum Gasteiger partial charge on any atom is -0.464 e. The Bertz CT molecular complexity index is 1320. The van der Waals surface area contributed by atoms with Crippen LogP contribution in [0, 0.1) is 10.8 Å². The van der Waals surface area contributed by atoms with E-state index in [9.17, 15) is 4.79 Å². The van der Waals surface area contributed by atoms with Gasteiger partial charge in [-0.25, -0.2) is 14.2 Å². The monoisotopic (exact) mass is 536 g/mol. The summed E-state index contributed by atoms with van der Waals surface area (Å²) in [5.41, 5.74) is -0.824. The van der Waals surface area contributed by atoms with Gasteiger partial charge in [-0.15, -0.1) is 35.7 Å². The second-order valence-electron chi connectivity index (χ2n) is 11.1. The Morgan fingerprint density at radius 2 is 1.39 bits per heavy atom. The van der Waals surface area contributed by atoms with Gasteiger partial charge in [-0.2, -0.15) is 5.10 Å². The molecule has 0 atom stereocenters. The van der Waals surface area contributed by atoms with Crippen LogP contribution in [0.4, 0.5) is 5.13 Å². The van der Waals surface area contributed by atoms with Crippen LogP contribution in [0.3, 0.4) is 0 Å². The van der Waals surface area contributed by atoms with Gasteiger partial charge in [-0.05, 0) is 0 Å². The number of rotatable bonds is 4. The van der Waals surface area contributed by atoms with Gasteiger partial charge in [-0.1, -0.05) is 85.0 Å². The van der Waals surface area contributed by atoms with Crippen molar-refractivity contribution in [3.63, 3.8) is 0 Å². The number of aromatic nitrogens is 4. The molecule has 36 heavy (non-hydrogen) atoms. The maximum Gasteiger partial charge on any atom is 0.354 e. The lowest BCUT2D eigenvalue weighted by molar-refractivity contribution is -0.133. The van der Waals surface area contributed by atoms with Crippen molar-refractivity contribution < 1.29 is 9.53 Å². The topological polar surface area (TPSA) is 136 Å². The molecule has 0 saturated carbocycles. The van der Waals surface area contributed by atoms with Gasteiger partial charge in [0.05, 0.1) is 7.11 Å². The highest BCUT2D eigenvalue weighted by Gasteiger charge is 2.27. The van der Waals surface area contributed by atoms with Crippen molar-refractivity contribution in [1.82, 2.24) is 19.6 Å². The number of nitrogens with zero attached hydrogens (tertiary/aromatic N) is 10. The van der Waals surface area contributed by atoms with Crippen LogP contribution in [0.25, 0.3) is 0 Å². The van der Waals surface area contributed by atoms with E-state index in [1.165, 1.54) is 34.5 Å². The summed E-state index contributed by atoms with van der Waals surface area (Å²) < 4.78 is 8.06. The van der Waals surface area contributed by atoms with E-state index < -0.39 is 16.8 Å². The quantitative estimate of drug-likeness (QED) is 0.191. The zero-order valence-corrected chi connectivity index (χ0v) is 24.7. The standard InChI is InChI=1S/C22H36N10O2S2/c1-20(2,3)13(14(33)34-12)23-27-19-32(11)30-17(36-19)26-24-15(21(4,5)6)25-28-18-31(10)29-16(35-18)22(7,8)9/h1-12H3/b23-13-,25-15+,26-24?,27-19+,28-18+. The van der Waals surface area contributed by atoms with Crippen molar-refractivity contribution in [2.24, 2.45) is 55.6 Å². The molecular weight excluding hydrogens is 500 g/mol. The van der Waals surface area contributed by atoms with Crippen LogP contribution < -0.4 is 9.60 Å². The Balaban J connectivity index is 2.45. The van der Waals surface area contributed by atoms with Crippen LogP contribution in [0.15, 0.2) is 30.6 Å². The number of azo groups is 1. The number of carbonyl (C=O) groups excluding carboxylic acids is 1. The molecule has 198 valence electrons. The van der Waals surface area contributed by atoms with E-state index in [0.29, 0.717) is 20.6 Å². The van der Waals surface area contributed by atoms with Gasteiger partial charge in [0.1, 0.15) is 5.01 Å². The summed E-state index contributed by atoms with van der Waals surface area (Å²) >= 11 is 2.66. The minimum atomic E-state index is -0.535. The molecule has 0 aliphatic heterocycles. The van der Waals surface area contributed by atoms with Crippen LogP contribution in [0.5, 0.6) is 0 Å². The fourth-order valence-electron chi connectivity index (χ4n) is 2.39. The number of ether oxygens (including phenoxy) is 1. The lowest BCUT2D eigenvalue weighted by Gasteiger charge is -2.17. The number of amidine groups is 1. The summed E-state index contributed by atoms with van der Waals surface area (Å²) in [5.74, 6) is -0.0969. The summed E-state index contributed by atoms with van der Waals surface area (Å²) in [7, 11) is 4.87. The molecule has 0 fully saturated rings. The largest absolute Gasteiger partial charge is 0.464 e. The van der Waals surface area contributed by atoms with Gasteiger partial charge >= 0.3 is 5.97 Å². The predicted octanol–water partition coefficient (Wildman–Crippen LogP) is 4.09. The smallest absolute Gasteiger partial charge is 0.354 e. The fourth-order valence-corrected chi connectivity index (χ4v) is 3.95. The van der Waals surface area contributed by atoms with E-state index in [1.54, 1.807) is 11.7 Å². The first kappa shape index (κ1) is 29.4. The maximum absolute atomic E-state index is 12.1. The third-order valence-electron chi connectivity index (χ3n) is 4.50. The average molecular weight is 537 g/mol. The van der Waals surface area contributed by atoms with Crippen molar-refractivity contribution in [2.75, 3.05) is 7.11 Å². The predicted molar refractivity (Wildman–Crippen MR) is 142 cm³/mol. The average Bonchev–Trinajstić information content (AvgIpc) is 3.28. The SMILES string of the molecule is COC(=O)/C(=N/N=c1/sc(N=N/C(=N/N=c2/sc(C(C)(C)C)nn2C)C(C)(C)C)nn1C)C(C)(C)C. The number of methoxy groups -OCH3 is 1. The summed E-state index contributed by atoms with van der Waals surface area (Å²) in [6, 6.07) is 0. The van der Waals surface area contributed by atoms with E-state index >= 15 is 0 Å². The Hall–Kier alpha value is -2.87. The second kappa shape index (κ2) is 11.0. The molecule has 0 aliphatic rings. The van der Waals surface area contributed by atoms with E-state index in [-0.39, 0.29) is 11.1 Å². The van der Waals surface area contributed by atoms with Crippen molar-refractivity contribution in [1.29, 1.82) is 0 Å². The summed E-state index contributed by atoms with van der Waals surface area (Å²) in [5, 5.41) is 35.9. The van der Waals surface area contributed by atoms with E-state index in [0.717, 1.165) is 5.01 Å².